The third-order valence-electron chi connectivity index (χ3n) is 4.54. The topological polar surface area (TPSA) is 86.6 Å². The Balaban J connectivity index is 0.000000980. The van der Waals surface area contributed by atoms with Crippen LogP contribution in [0.5, 0.6) is 0 Å². The number of hydrogen-bond donors (Lipinski definition) is 2. The van der Waals surface area contributed by atoms with Gasteiger partial charge >= 0.3 is 0 Å². The van der Waals surface area contributed by atoms with E-state index in [-0.39, 0.29) is 16.3 Å². The highest BCUT2D eigenvalue weighted by atomic mass is 16.1. The Morgan fingerprint density at radius 3 is 2.57 bits per heavy atom. The van der Waals surface area contributed by atoms with Crippen molar-refractivity contribution in [2.24, 2.45) is 22.6 Å². The van der Waals surface area contributed by atoms with Crippen LogP contribution < -0.4 is 11.3 Å². The van der Waals surface area contributed by atoms with Gasteiger partial charge in [-0.1, -0.05) is 13.8 Å². The van der Waals surface area contributed by atoms with Gasteiger partial charge in [0.2, 0.25) is 0 Å². The predicted octanol–water partition coefficient (Wildman–Crippen LogP) is 0.0204. The monoisotopic (exact) mass is 200 g/mol. The van der Waals surface area contributed by atoms with Crippen LogP contribution in [0.25, 0.3) is 0 Å². The Bertz CT molecular complexity index is 253. The maximum atomic E-state index is 11.9. The summed E-state index contributed by atoms with van der Waals surface area (Å²) in [5.41, 5.74) is 2.68. The molecular formula is C10H20N2O2. The number of carbonyl (C=O) groups is 1. The molecule has 82 valence electrons. The van der Waals surface area contributed by atoms with E-state index in [0.29, 0.717) is 18.2 Å². The number of hydrogen-bond acceptors (Lipinski definition) is 3. The molecule has 5 N–H and O–H groups in total. The van der Waals surface area contributed by atoms with Gasteiger partial charge in [0.25, 0.3) is 0 Å². The molecule has 2 saturated carbocycles. The van der Waals surface area contributed by atoms with E-state index in [1.54, 1.807) is 0 Å². The van der Waals surface area contributed by atoms with Crippen molar-refractivity contribution in [3.05, 3.63) is 0 Å². The van der Waals surface area contributed by atoms with E-state index in [4.69, 9.17) is 5.84 Å². The molecular weight excluding hydrogens is 180 g/mol. The van der Waals surface area contributed by atoms with Crippen LogP contribution in [0.1, 0.15) is 33.1 Å². The first kappa shape index (κ1) is 11.6. The molecule has 2 bridgehead atoms. The lowest BCUT2D eigenvalue weighted by atomic mass is 9.69. The van der Waals surface area contributed by atoms with Crippen molar-refractivity contribution < 1.29 is 10.3 Å². The third-order valence-corrected chi connectivity index (χ3v) is 4.54. The largest absolute Gasteiger partial charge is 0.412 e. The van der Waals surface area contributed by atoms with E-state index in [1.807, 2.05) is 0 Å². The molecule has 4 heteroatoms. The molecule has 0 aromatic heterocycles. The van der Waals surface area contributed by atoms with Gasteiger partial charge in [-0.25, -0.2) is 0 Å². The van der Waals surface area contributed by atoms with Gasteiger partial charge in [-0.05, 0) is 24.2 Å². The lowest BCUT2D eigenvalue weighted by molar-refractivity contribution is -0.129. The fourth-order valence-electron chi connectivity index (χ4n) is 3.36. The summed E-state index contributed by atoms with van der Waals surface area (Å²) in [4.78, 5) is 11.9. The minimum absolute atomic E-state index is 0. The van der Waals surface area contributed by atoms with E-state index in [9.17, 15) is 4.79 Å². The number of Topliss-reactive ketones (excluding diaryl/α,β-unsaturated/α-hetero) is 1. The van der Waals surface area contributed by atoms with Gasteiger partial charge in [0.15, 0.2) is 0 Å². The first-order valence-corrected chi connectivity index (χ1v) is 5.01. The molecule has 0 spiro atoms. The number of nitrogens with one attached hydrogen (secondary N) is 1. The number of hydrazine groups is 1. The number of nitrogens with two attached hydrogens (primary N) is 1. The number of fused-ring (bicyclic) bond motifs is 2. The first-order chi connectivity index (χ1) is 6.04. The second-order valence-electron chi connectivity index (χ2n) is 5.05. The molecule has 0 aromatic rings. The van der Waals surface area contributed by atoms with Crippen molar-refractivity contribution in [3.63, 3.8) is 0 Å². The fourth-order valence-corrected chi connectivity index (χ4v) is 3.36. The predicted molar refractivity (Wildman–Crippen MR) is 54.4 cm³/mol. The lowest BCUT2D eigenvalue weighted by Crippen LogP contribution is -2.46. The number of carbonyl (C=O) groups excluding carboxylic acids is 1. The van der Waals surface area contributed by atoms with Crippen molar-refractivity contribution in [1.82, 2.24) is 5.43 Å². The van der Waals surface area contributed by atoms with Crippen molar-refractivity contribution in [3.8, 4) is 0 Å². The zero-order valence-corrected chi connectivity index (χ0v) is 8.89. The Kier molecular flexibility index (Phi) is 2.73. The normalized spacial score (nSPS) is 38.5. The average Bonchev–Trinajstić information content (AvgIpc) is 2.38. The standard InChI is InChI=1S/C10H18N2O.H2O/c1-9(2)7-3-4-10(9,6-12-11)8(13)5-7;/h7,12H,3-6,11H2,1-2H3;1H2. The average molecular weight is 200 g/mol. The van der Waals surface area contributed by atoms with Gasteiger partial charge in [-0.15, -0.1) is 0 Å². The summed E-state index contributed by atoms with van der Waals surface area (Å²) in [5, 5.41) is 0. The maximum Gasteiger partial charge on any atom is 0.141 e. The second kappa shape index (κ2) is 3.29. The molecule has 2 rings (SSSR count). The van der Waals surface area contributed by atoms with Gasteiger partial charge in [0, 0.05) is 18.4 Å². The molecule has 2 aliphatic rings. The van der Waals surface area contributed by atoms with Crippen LogP contribution in [0.2, 0.25) is 0 Å². The Morgan fingerprint density at radius 1 is 1.57 bits per heavy atom. The van der Waals surface area contributed by atoms with E-state index >= 15 is 0 Å². The molecule has 2 unspecified atom stereocenters. The molecule has 0 aromatic carbocycles. The third kappa shape index (κ3) is 1.08. The minimum Gasteiger partial charge on any atom is -0.412 e. The summed E-state index contributed by atoms with van der Waals surface area (Å²) >= 11 is 0. The Labute approximate surface area is 84.5 Å². The summed E-state index contributed by atoms with van der Waals surface area (Å²) in [7, 11) is 0. The molecule has 0 aliphatic heterocycles. The molecule has 2 aliphatic carbocycles. The van der Waals surface area contributed by atoms with E-state index in [0.717, 1.165) is 12.8 Å². The highest BCUT2D eigenvalue weighted by molar-refractivity contribution is 5.89. The van der Waals surface area contributed by atoms with Crippen LogP contribution in [0.4, 0.5) is 0 Å². The van der Waals surface area contributed by atoms with E-state index in [1.165, 1.54) is 6.42 Å². The second-order valence-corrected chi connectivity index (χ2v) is 5.05. The Morgan fingerprint density at radius 2 is 2.21 bits per heavy atom. The van der Waals surface area contributed by atoms with Crippen LogP contribution in [0, 0.1) is 16.7 Å². The zero-order chi connectivity index (χ0) is 9.69. The summed E-state index contributed by atoms with van der Waals surface area (Å²) in [6, 6.07) is 0. The van der Waals surface area contributed by atoms with Crippen molar-refractivity contribution >= 4 is 5.78 Å². The van der Waals surface area contributed by atoms with Gasteiger partial charge in [-0.3, -0.25) is 16.1 Å². The van der Waals surface area contributed by atoms with Gasteiger partial charge in [-0.2, -0.15) is 0 Å². The quantitative estimate of drug-likeness (QED) is 0.486. The summed E-state index contributed by atoms with van der Waals surface area (Å²) in [6.45, 7) is 5.08. The molecule has 2 fully saturated rings. The lowest BCUT2D eigenvalue weighted by Gasteiger charge is -2.36. The van der Waals surface area contributed by atoms with Crippen LogP contribution in [0.3, 0.4) is 0 Å². The molecule has 0 amide bonds. The smallest absolute Gasteiger partial charge is 0.141 e. The van der Waals surface area contributed by atoms with Crippen molar-refractivity contribution in [2.45, 2.75) is 33.1 Å². The molecule has 2 atom stereocenters. The van der Waals surface area contributed by atoms with E-state index < -0.39 is 0 Å². The SMILES string of the molecule is CC1(C)C2CCC1(CNN)C(=O)C2.O. The first-order valence-electron chi connectivity index (χ1n) is 5.01. The van der Waals surface area contributed by atoms with Gasteiger partial charge in [0.1, 0.15) is 5.78 Å². The molecule has 0 saturated heterocycles. The highest BCUT2D eigenvalue weighted by Gasteiger charge is 2.63. The van der Waals surface area contributed by atoms with Crippen LogP contribution in [0.15, 0.2) is 0 Å². The zero-order valence-electron chi connectivity index (χ0n) is 8.89. The van der Waals surface area contributed by atoms with E-state index in [2.05, 4.69) is 19.3 Å². The van der Waals surface area contributed by atoms with Crippen LogP contribution >= 0.6 is 0 Å². The van der Waals surface area contributed by atoms with Gasteiger partial charge in [0.05, 0.1) is 0 Å². The molecule has 14 heavy (non-hydrogen) atoms. The van der Waals surface area contributed by atoms with Crippen LogP contribution in [-0.2, 0) is 4.79 Å². The summed E-state index contributed by atoms with van der Waals surface area (Å²) < 4.78 is 0. The van der Waals surface area contributed by atoms with Crippen LogP contribution in [-0.4, -0.2) is 17.8 Å². The number of ketones is 1. The highest BCUT2D eigenvalue weighted by Crippen LogP contribution is 2.63. The minimum atomic E-state index is -0.160. The maximum absolute atomic E-state index is 11.9. The molecule has 0 radical (unpaired) electrons. The fraction of sp³-hybridized carbons (Fsp3) is 0.900. The Hall–Kier alpha value is -0.450. The van der Waals surface area contributed by atoms with Gasteiger partial charge < -0.3 is 5.48 Å². The molecule has 4 nitrogen and oxygen atoms in total. The number of rotatable bonds is 2. The van der Waals surface area contributed by atoms with Crippen molar-refractivity contribution in [1.29, 1.82) is 0 Å². The van der Waals surface area contributed by atoms with Crippen molar-refractivity contribution in [2.75, 3.05) is 6.54 Å². The summed E-state index contributed by atoms with van der Waals surface area (Å²) in [6.07, 6.45) is 2.99. The molecule has 0 heterocycles. The summed E-state index contributed by atoms with van der Waals surface area (Å²) in [5.74, 6) is 6.38.